The Kier molecular flexibility index (Phi) is 0.888. The van der Waals surface area contributed by atoms with Crippen LogP contribution >= 0.6 is 0 Å². The van der Waals surface area contributed by atoms with Crippen molar-refractivity contribution in [2.75, 3.05) is 0 Å². The summed E-state index contributed by atoms with van der Waals surface area (Å²) < 4.78 is 0. The number of hydrogen-bond acceptors (Lipinski definition) is 1. The molecule has 2 heteroatoms. The Morgan fingerprint density at radius 1 is 1.64 bits per heavy atom. The lowest BCUT2D eigenvalue weighted by atomic mass is 10.00. The molecule has 1 aromatic heterocycles. The van der Waals surface area contributed by atoms with Crippen LogP contribution in [-0.4, -0.2) is 10.2 Å². The van der Waals surface area contributed by atoms with E-state index in [1.165, 1.54) is 31.4 Å². The Bertz CT molecular complexity index is 265. The molecule has 0 saturated heterocycles. The van der Waals surface area contributed by atoms with Gasteiger partial charge in [-0.25, -0.2) is 0 Å². The summed E-state index contributed by atoms with van der Waals surface area (Å²) in [4.78, 5) is 0. The third-order valence-electron chi connectivity index (χ3n) is 3.44. The molecule has 0 aliphatic heterocycles. The topological polar surface area (TPSA) is 28.7 Å². The minimum absolute atomic E-state index is 0.566. The first-order chi connectivity index (χ1) is 5.42. The monoisotopic (exact) mass is 148 g/mol. The number of rotatable bonds is 1. The maximum Gasteiger partial charge on any atom is 0.0490 e. The standard InChI is InChI=1S/C9H12N2/c1-2-7-6-9(7,4-1)8-3-5-10-11-8/h3,5,7H,1-2,4,6H2,(H,10,11). The predicted molar refractivity (Wildman–Crippen MR) is 42.2 cm³/mol. The van der Waals surface area contributed by atoms with Gasteiger partial charge >= 0.3 is 0 Å². The smallest absolute Gasteiger partial charge is 0.0490 e. The molecular formula is C9H12N2. The Labute approximate surface area is 66.0 Å². The highest BCUT2D eigenvalue weighted by Crippen LogP contribution is 2.63. The Hall–Kier alpha value is -0.790. The summed E-state index contributed by atoms with van der Waals surface area (Å²) in [5.74, 6) is 0.989. The molecule has 0 spiro atoms. The number of H-pyrrole nitrogens is 1. The molecule has 1 heterocycles. The van der Waals surface area contributed by atoms with Crippen molar-refractivity contribution in [3.8, 4) is 0 Å². The van der Waals surface area contributed by atoms with Gasteiger partial charge < -0.3 is 0 Å². The molecule has 3 rings (SSSR count). The third kappa shape index (κ3) is 0.602. The molecule has 0 aromatic carbocycles. The third-order valence-corrected chi connectivity index (χ3v) is 3.44. The predicted octanol–water partition coefficient (Wildman–Crippen LogP) is 1.85. The van der Waals surface area contributed by atoms with E-state index < -0.39 is 0 Å². The number of hydrogen-bond donors (Lipinski definition) is 1. The molecule has 2 aliphatic carbocycles. The van der Waals surface area contributed by atoms with Crippen molar-refractivity contribution in [2.24, 2.45) is 5.92 Å². The number of nitrogens with one attached hydrogen (secondary N) is 1. The second-order valence-electron chi connectivity index (χ2n) is 3.92. The van der Waals surface area contributed by atoms with Crippen LogP contribution in [0, 0.1) is 5.92 Å². The van der Waals surface area contributed by atoms with Crippen LogP contribution in [0.1, 0.15) is 31.4 Å². The zero-order valence-corrected chi connectivity index (χ0v) is 6.51. The fraction of sp³-hybridized carbons (Fsp3) is 0.667. The van der Waals surface area contributed by atoms with Crippen molar-refractivity contribution in [1.82, 2.24) is 10.2 Å². The van der Waals surface area contributed by atoms with Gasteiger partial charge in [0.1, 0.15) is 0 Å². The van der Waals surface area contributed by atoms with Crippen molar-refractivity contribution in [1.29, 1.82) is 0 Å². The quantitative estimate of drug-likeness (QED) is 0.647. The summed E-state index contributed by atoms with van der Waals surface area (Å²) in [5, 5.41) is 7.12. The van der Waals surface area contributed by atoms with E-state index in [-0.39, 0.29) is 0 Å². The second-order valence-corrected chi connectivity index (χ2v) is 3.92. The van der Waals surface area contributed by atoms with Gasteiger partial charge in [-0.3, -0.25) is 5.10 Å². The van der Waals surface area contributed by atoms with Gasteiger partial charge in [0, 0.05) is 17.3 Å². The van der Waals surface area contributed by atoms with Gasteiger partial charge in [-0.15, -0.1) is 0 Å². The van der Waals surface area contributed by atoms with Crippen molar-refractivity contribution >= 4 is 0 Å². The molecule has 2 saturated carbocycles. The molecule has 1 aromatic rings. The first-order valence-corrected chi connectivity index (χ1v) is 4.42. The van der Waals surface area contributed by atoms with Crippen LogP contribution in [0.2, 0.25) is 0 Å². The molecule has 0 amide bonds. The van der Waals surface area contributed by atoms with Crippen LogP contribution in [0.4, 0.5) is 0 Å². The summed E-state index contributed by atoms with van der Waals surface area (Å²) in [6.07, 6.45) is 7.54. The van der Waals surface area contributed by atoms with Crippen LogP contribution in [0.15, 0.2) is 12.3 Å². The molecule has 2 fully saturated rings. The van der Waals surface area contributed by atoms with Gasteiger partial charge in [0.25, 0.3) is 0 Å². The fourth-order valence-corrected chi connectivity index (χ4v) is 2.73. The van der Waals surface area contributed by atoms with E-state index >= 15 is 0 Å². The lowest BCUT2D eigenvalue weighted by molar-refractivity contribution is 0.633. The molecule has 2 nitrogen and oxygen atoms in total. The number of nitrogens with zero attached hydrogens (tertiary/aromatic N) is 1. The summed E-state index contributed by atoms with van der Waals surface area (Å²) in [6.45, 7) is 0. The number of fused-ring (bicyclic) bond motifs is 1. The van der Waals surface area contributed by atoms with E-state index in [0.717, 1.165) is 5.92 Å². The average Bonchev–Trinajstić information content (AvgIpc) is 2.56. The number of aromatic amines is 1. The van der Waals surface area contributed by atoms with Gasteiger partial charge in [-0.05, 0) is 31.2 Å². The fourth-order valence-electron chi connectivity index (χ4n) is 2.73. The lowest BCUT2D eigenvalue weighted by Gasteiger charge is -2.06. The van der Waals surface area contributed by atoms with E-state index in [2.05, 4.69) is 16.3 Å². The first-order valence-electron chi connectivity index (χ1n) is 4.42. The normalized spacial score (nSPS) is 40.5. The SMILES string of the molecule is c1cc(C23CCCC2C3)[nH]n1. The molecule has 2 unspecified atom stereocenters. The van der Waals surface area contributed by atoms with Crippen molar-refractivity contribution in [3.63, 3.8) is 0 Å². The molecule has 2 atom stereocenters. The largest absolute Gasteiger partial charge is 0.282 e. The average molecular weight is 148 g/mol. The molecule has 58 valence electrons. The van der Waals surface area contributed by atoms with Crippen molar-refractivity contribution in [2.45, 2.75) is 31.1 Å². The lowest BCUT2D eigenvalue weighted by Crippen LogP contribution is -2.05. The van der Waals surface area contributed by atoms with E-state index in [1.54, 1.807) is 0 Å². The van der Waals surface area contributed by atoms with Crippen LogP contribution in [0.25, 0.3) is 0 Å². The van der Waals surface area contributed by atoms with Crippen LogP contribution in [-0.2, 0) is 5.41 Å². The van der Waals surface area contributed by atoms with Gasteiger partial charge in [-0.2, -0.15) is 5.10 Å². The zero-order valence-electron chi connectivity index (χ0n) is 6.51. The summed E-state index contributed by atoms with van der Waals surface area (Å²) in [7, 11) is 0. The minimum Gasteiger partial charge on any atom is -0.282 e. The molecule has 1 N–H and O–H groups in total. The Morgan fingerprint density at radius 3 is 3.18 bits per heavy atom. The highest BCUT2D eigenvalue weighted by molar-refractivity contribution is 5.28. The maximum atomic E-state index is 4.01. The summed E-state index contributed by atoms with van der Waals surface area (Å²) >= 11 is 0. The first kappa shape index (κ1) is 5.81. The van der Waals surface area contributed by atoms with Gasteiger partial charge in [0.05, 0.1) is 0 Å². The molecule has 0 radical (unpaired) electrons. The van der Waals surface area contributed by atoms with E-state index in [9.17, 15) is 0 Å². The Morgan fingerprint density at radius 2 is 2.64 bits per heavy atom. The number of aromatic nitrogens is 2. The summed E-state index contributed by atoms with van der Waals surface area (Å²) in [5.41, 5.74) is 1.95. The minimum atomic E-state index is 0.566. The Balaban J connectivity index is 2.01. The van der Waals surface area contributed by atoms with Gasteiger partial charge in [-0.1, -0.05) is 6.42 Å². The van der Waals surface area contributed by atoms with Crippen LogP contribution < -0.4 is 0 Å². The van der Waals surface area contributed by atoms with Gasteiger partial charge in [0.2, 0.25) is 0 Å². The zero-order chi connectivity index (χ0) is 7.31. The molecule has 11 heavy (non-hydrogen) atoms. The van der Waals surface area contributed by atoms with Crippen LogP contribution in [0.3, 0.4) is 0 Å². The van der Waals surface area contributed by atoms with Crippen LogP contribution in [0.5, 0.6) is 0 Å². The molecule has 2 aliphatic rings. The molecule has 0 bridgehead atoms. The highest BCUT2D eigenvalue weighted by atomic mass is 15.1. The highest BCUT2D eigenvalue weighted by Gasteiger charge is 2.58. The van der Waals surface area contributed by atoms with Crippen molar-refractivity contribution in [3.05, 3.63) is 18.0 Å². The summed E-state index contributed by atoms with van der Waals surface area (Å²) in [6, 6.07) is 2.14. The van der Waals surface area contributed by atoms with E-state index in [1.807, 2.05) is 6.20 Å². The van der Waals surface area contributed by atoms with E-state index in [0.29, 0.717) is 5.41 Å². The van der Waals surface area contributed by atoms with Gasteiger partial charge in [0.15, 0.2) is 0 Å². The van der Waals surface area contributed by atoms with Crippen molar-refractivity contribution < 1.29 is 0 Å². The second kappa shape index (κ2) is 1.68. The molecular weight excluding hydrogens is 136 g/mol. The van der Waals surface area contributed by atoms with E-state index in [4.69, 9.17) is 0 Å². The maximum absolute atomic E-state index is 4.01.